The third-order valence-corrected chi connectivity index (χ3v) is 6.82. The summed E-state index contributed by atoms with van der Waals surface area (Å²) >= 11 is 0. The van der Waals surface area contributed by atoms with Crippen LogP contribution in [0.4, 0.5) is 11.4 Å². The average Bonchev–Trinajstić information content (AvgIpc) is 2.90. The molecule has 0 aromatic heterocycles. The monoisotopic (exact) mass is 422 g/mol. The highest BCUT2D eigenvalue weighted by atomic mass is 16.5. The Morgan fingerprint density at radius 1 is 0.656 bits per heavy atom. The Morgan fingerprint density at radius 2 is 1.22 bits per heavy atom. The molecule has 1 heterocycles. The summed E-state index contributed by atoms with van der Waals surface area (Å²) < 4.78 is 5.29. The topological polar surface area (TPSA) is 15.7 Å². The van der Waals surface area contributed by atoms with E-state index in [1.54, 1.807) is 7.11 Å². The number of rotatable bonds is 5. The van der Waals surface area contributed by atoms with Gasteiger partial charge in [-0.3, -0.25) is 0 Å². The molecule has 1 unspecified atom stereocenters. The molecule has 162 valence electrons. The number of methoxy groups -OCH3 is 1. The van der Waals surface area contributed by atoms with Gasteiger partial charge in [0.2, 0.25) is 0 Å². The normalized spacial score (nSPS) is 20.4. The smallest absolute Gasteiger partial charge is 0.119 e. The first-order valence-corrected chi connectivity index (χ1v) is 11.4. The number of benzene rings is 3. The van der Waals surface area contributed by atoms with Crippen LogP contribution in [0.3, 0.4) is 0 Å². The van der Waals surface area contributed by atoms with E-state index in [2.05, 4.69) is 101 Å². The van der Waals surface area contributed by atoms with Crippen molar-refractivity contribution in [2.45, 2.75) is 11.8 Å². The largest absolute Gasteiger partial charge is 0.497 e. The molecule has 0 saturated carbocycles. The quantitative estimate of drug-likeness (QED) is 0.515. The lowest BCUT2D eigenvalue weighted by molar-refractivity contribution is 0.415. The van der Waals surface area contributed by atoms with Crippen LogP contribution in [0, 0.1) is 0 Å². The molecule has 2 aliphatic rings. The number of hydrogen-bond donors (Lipinski definition) is 0. The van der Waals surface area contributed by atoms with Crippen molar-refractivity contribution >= 4 is 11.4 Å². The number of allylic oxidation sites excluding steroid dienone is 4. The van der Waals surface area contributed by atoms with E-state index < -0.39 is 0 Å². The van der Waals surface area contributed by atoms with Crippen LogP contribution in [-0.2, 0) is 5.41 Å². The zero-order valence-corrected chi connectivity index (χ0v) is 18.7. The molecule has 0 radical (unpaired) electrons. The number of piperazine rings is 1. The Kier molecular flexibility index (Phi) is 5.72. The fraction of sp³-hybridized carbons (Fsp3) is 0.241. The molecule has 3 aromatic rings. The average molecular weight is 423 g/mol. The van der Waals surface area contributed by atoms with Crippen LogP contribution in [0.15, 0.2) is 103 Å². The molecule has 0 N–H and O–H groups in total. The zero-order chi connectivity index (χ0) is 21.8. The first kappa shape index (κ1) is 20.4. The number of anilines is 2. The van der Waals surface area contributed by atoms with Gasteiger partial charge in [-0.2, -0.15) is 0 Å². The first-order valence-electron chi connectivity index (χ1n) is 11.4. The molecule has 1 aliphatic heterocycles. The van der Waals surface area contributed by atoms with Crippen molar-refractivity contribution in [1.82, 2.24) is 0 Å². The van der Waals surface area contributed by atoms with Crippen LogP contribution in [0.2, 0.25) is 0 Å². The van der Waals surface area contributed by atoms with Crippen molar-refractivity contribution in [3.05, 3.63) is 114 Å². The van der Waals surface area contributed by atoms with Crippen molar-refractivity contribution in [3.8, 4) is 5.75 Å². The van der Waals surface area contributed by atoms with Gasteiger partial charge in [0.05, 0.1) is 7.11 Å². The first-order chi connectivity index (χ1) is 15.8. The van der Waals surface area contributed by atoms with Crippen molar-refractivity contribution < 1.29 is 4.74 Å². The summed E-state index contributed by atoms with van der Waals surface area (Å²) in [6.45, 7) is 4.10. The second-order valence-corrected chi connectivity index (χ2v) is 8.55. The van der Waals surface area contributed by atoms with Gasteiger partial charge in [0.15, 0.2) is 0 Å². The van der Waals surface area contributed by atoms with Crippen LogP contribution in [0.5, 0.6) is 5.75 Å². The summed E-state index contributed by atoms with van der Waals surface area (Å²) in [7, 11) is 1.71. The predicted molar refractivity (Wildman–Crippen MR) is 134 cm³/mol. The summed E-state index contributed by atoms with van der Waals surface area (Å²) in [6.07, 6.45) is 9.96. The molecule has 3 nitrogen and oxygen atoms in total. The van der Waals surface area contributed by atoms with Crippen LogP contribution < -0.4 is 14.5 Å². The van der Waals surface area contributed by atoms with Gasteiger partial charge >= 0.3 is 0 Å². The standard InChI is InChI=1S/C29H30N2O/c1-32-28-16-14-27(15-17-28)31-22-20-30(21-23-31)26-12-10-25(11-13-26)29(18-6-3-7-19-29)24-8-4-2-5-9-24/h2-18H,19-23H2,1H3. The van der Waals surface area contributed by atoms with Crippen LogP contribution >= 0.6 is 0 Å². The van der Waals surface area contributed by atoms with Crippen molar-refractivity contribution in [2.24, 2.45) is 0 Å². The molecule has 3 heteroatoms. The van der Waals surface area contributed by atoms with Gasteiger partial charge in [-0.1, -0.05) is 66.8 Å². The summed E-state index contributed by atoms with van der Waals surface area (Å²) in [5.74, 6) is 0.907. The summed E-state index contributed by atoms with van der Waals surface area (Å²) in [6, 6.07) is 28.5. The van der Waals surface area contributed by atoms with Gasteiger partial charge in [0.1, 0.15) is 5.75 Å². The van der Waals surface area contributed by atoms with E-state index in [0.29, 0.717) is 0 Å². The maximum Gasteiger partial charge on any atom is 0.119 e. The Balaban J connectivity index is 1.31. The predicted octanol–water partition coefficient (Wildman–Crippen LogP) is 5.82. The highest BCUT2D eigenvalue weighted by Crippen LogP contribution is 2.40. The number of nitrogens with zero attached hydrogens (tertiary/aromatic N) is 2. The minimum Gasteiger partial charge on any atom is -0.497 e. The lowest BCUT2D eigenvalue weighted by Crippen LogP contribution is -2.46. The second kappa shape index (κ2) is 8.96. The Bertz CT molecular complexity index is 1080. The Morgan fingerprint density at radius 3 is 1.75 bits per heavy atom. The molecule has 0 spiro atoms. The van der Waals surface area contributed by atoms with Crippen molar-refractivity contribution in [2.75, 3.05) is 43.1 Å². The minimum absolute atomic E-state index is 0.0817. The summed E-state index contributed by atoms with van der Waals surface area (Å²) in [4.78, 5) is 4.95. The highest BCUT2D eigenvalue weighted by molar-refractivity contribution is 5.56. The molecule has 0 bridgehead atoms. The van der Waals surface area contributed by atoms with E-state index in [1.165, 1.54) is 22.5 Å². The molecule has 0 amide bonds. The molecular weight excluding hydrogens is 392 g/mol. The van der Waals surface area contributed by atoms with Gasteiger partial charge in [-0.15, -0.1) is 0 Å². The Hall–Kier alpha value is -3.46. The summed E-state index contributed by atoms with van der Waals surface area (Å²) in [5, 5.41) is 0. The van der Waals surface area contributed by atoms with Gasteiger partial charge in [0, 0.05) is 43.0 Å². The fourth-order valence-electron chi connectivity index (χ4n) is 4.94. The van der Waals surface area contributed by atoms with E-state index in [4.69, 9.17) is 4.74 Å². The lowest BCUT2D eigenvalue weighted by atomic mass is 9.70. The molecule has 5 rings (SSSR count). The van der Waals surface area contributed by atoms with E-state index in [9.17, 15) is 0 Å². The fourth-order valence-corrected chi connectivity index (χ4v) is 4.94. The van der Waals surface area contributed by atoms with Gasteiger partial charge in [0.25, 0.3) is 0 Å². The minimum atomic E-state index is -0.0817. The molecule has 1 saturated heterocycles. The van der Waals surface area contributed by atoms with Crippen molar-refractivity contribution in [1.29, 1.82) is 0 Å². The molecule has 1 fully saturated rings. The SMILES string of the molecule is COc1ccc(N2CCN(c3ccc(C4(c5ccccc5)C=CC=CC4)cc3)CC2)cc1. The second-order valence-electron chi connectivity index (χ2n) is 8.55. The van der Waals surface area contributed by atoms with Crippen LogP contribution in [0.25, 0.3) is 0 Å². The molecule has 1 atom stereocenters. The molecule has 3 aromatic carbocycles. The maximum absolute atomic E-state index is 5.29. The number of ether oxygens (including phenoxy) is 1. The van der Waals surface area contributed by atoms with Gasteiger partial charge in [-0.25, -0.2) is 0 Å². The van der Waals surface area contributed by atoms with Crippen LogP contribution in [-0.4, -0.2) is 33.3 Å². The van der Waals surface area contributed by atoms with E-state index >= 15 is 0 Å². The molecule has 32 heavy (non-hydrogen) atoms. The van der Waals surface area contributed by atoms with Crippen molar-refractivity contribution in [3.63, 3.8) is 0 Å². The summed E-state index contributed by atoms with van der Waals surface area (Å²) in [5.41, 5.74) is 5.19. The third kappa shape index (κ3) is 3.91. The van der Waals surface area contributed by atoms with E-state index in [-0.39, 0.29) is 5.41 Å². The van der Waals surface area contributed by atoms with E-state index in [1.807, 2.05) is 12.1 Å². The lowest BCUT2D eigenvalue weighted by Gasteiger charge is -2.38. The molecule has 1 aliphatic carbocycles. The highest BCUT2D eigenvalue weighted by Gasteiger charge is 2.31. The number of hydrogen-bond acceptors (Lipinski definition) is 3. The third-order valence-electron chi connectivity index (χ3n) is 6.82. The van der Waals surface area contributed by atoms with Gasteiger partial charge in [-0.05, 0) is 53.9 Å². The maximum atomic E-state index is 5.29. The Labute approximate surface area is 191 Å². The zero-order valence-electron chi connectivity index (χ0n) is 18.7. The van der Waals surface area contributed by atoms with Gasteiger partial charge < -0.3 is 14.5 Å². The molecular formula is C29H30N2O. The van der Waals surface area contributed by atoms with E-state index in [0.717, 1.165) is 38.3 Å². The van der Waals surface area contributed by atoms with Crippen LogP contribution in [0.1, 0.15) is 17.5 Å².